The highest BCUT2D eigenvalue weighted by atomic mass is 35.5. The van der Waals surface area contributed by atoms with Crippen molar-refractivity contribution < 1.29 is 9.66 Å². The molecule has 0 fully saturated rings. The van der Waals surface area contributed by atoms with E-state index in [4.69, 9.17) is 27.5 Å². The minimum Gasteiger partial charge on any atom is -0.494 e. The van der Waals surface area contributed by atoms with Crippen LogP contribution in [0.25, 0.3) is 0 Å². The van der Waals surface area contributed by atoms with Crippen molar-refractivity contribution in [1.82, 2.24) is 0 Å². The van der Waals surface area contributed by atoms with E-state index in [9.17, 15) is 10.1 Å². The molecule has 0 radical (unpaired) electrons. The molecule has 0 atom stereocenters. The smallest absolute Gasteiger partial charge is 0.288 e. The quantitative estimate of drug-likeness (QED) is 0.363. The summed E-state index contributed by atoms with van der Waals surface area (Å²) in [5.41, 5.74) is 4.86. The number of rotatable bonds is 6. The molecule has 0 aliphatic rings. The molecule has 7 heteroatoms. The van der Waals surface area contributed by atoms with Crippen molar-refractivity contribution >= 4 is 23.1 Å². The van der Waals surface area contributed by atoms with Crippen LogP contribution in [0.15, 0.2) is 18.2 Å². The maximum atomic E-state index is 10.6. The lowest BCUT2D eigenvalue weighted by molar-refractivity contribution is -0.384. The summed E-state index contributed by atoms with van der Waals surface area (Å²) in [4.78, 5) is 10.0. The number of ether oxygens (including phenoxy) is 1. The van der Waals surface area contributed by atoms with Crippen LogP contribution in [0.1, 0.15) is 20.3 Å². The number of nitrogens with two attached hydrogens (primary N) is 1. The third-order valence-corrected chi connectivity index (χ3v) is 3.14. The molecule has 1 rings (SSSR count). The summed E-state index contributed by atoms with van der Waals surface area (Å²) in [5, 5.41) is 18.0. The van der Waals surface area contributed by atoms with Crippen LogP contribution >= 0.6 is 11.6 Å². The van der Waals surface area contributed by atoms with E-state index < -0.39 is 10.3 Å². The molecule has 0 aliphatic heterocycles. The molecular weight excluding hydrogens is 270 g/mol. The van der Waals surface area contributed by atoms with E-state index >= 15 is 0 Å². The highest BCUT2D eigenvalue weighted by Gasteiger charge is 2.21. The van der Waals surface area contributed by atoms with Crippen molar-refractivity contribution in [3.8, 4) is 5.75 Å². The zero-order valence-corrected chi connectivity index (χ0v) is 11.5. The summed E-state index contributed by atoms with van der Waals surface area (Å²) in [6, 6.07) is 4.19. The van der Waals surface area contributed by atoms with Crippen LogP contribution in [0.4, 0.5) is 5.69 Å². The molecule has 0 saturated carbocycles. The van der Waals surface area contributed by atoms with Gasteiger partial charge < -0.3 is 10.5 Å². The first-order chi connectivity index (χ1) is 8.74. The number of halogens is 1. The lowest BCUT2D eigenvalue weighted by Gasteiger charge is -2.22. The van der Waals surface area contributed by atoms with E-state index in [1.807, 2.05) is 13.8 Å². The Balaban J connectivity index is 2.63. The largest absolute Gasteiger partial charge is 0.494 e. The minimum atomic E-state index is -0.551. The van der Waals surface area contributed by atoms with Gasteiger partial charge in [-0.1, -0.05) is 25.4 Å². The fourth-order valence-electron chi connectivity index (χ4n) is 1.28. The van der Waals surface area contributed by atoms with E-state index in [0.29, 0.717) is 18.8 Å². The standard InChI is InChI=1S/C12H16ClN3O3/c1-12(2,11(14)15)5-6-19-8-3-4-10(16(17)18)9(13)7-8/h3-4,7H,5-6H2,1-2H3,(H3,14,15). The summed E-state index contributed by atoms with van der Waals surface area (Å²) in [5.74, 6) is 0.549. The molecule has 0 spiro atoms. The van der Waals surface area contributed by atoms with Crippen molar-refractivity contribution in [2.45, 2.75) is 20.3 Å². The average molecular weight is 286 g/mol. The number of amidine groups is 1. The number of hydrogen-bond acceptors (Lipinski definition) is 4. The third-order valence-electron chi connectivity index (χ3n) is 2.84. The van der Waals surface area contributed by atoms with Gasteiger partial charge in [0.05, 0.1) is 17.4 Å². The topological polar surface area (TPSA) is 102 Å². The van der Waals surface area contributed by atoms with Gasteiger partial charge in [0.1, 0.15) is 10.8 Å². The monoisotopic (exact) mass is 285 g/mol. The maximum Gasteiger partial charge on any atom is 0.288 e. The Morgan fingerprint density at radius 2 is 2.21 bits per heavy atom. The van der Waals surface area contributed by atoms with Crippen LogP contribution in [-0.4, -0.2) is 17.4 Å². The SMILES string of the molecule is CC(C)(CCOc1ccc([N+](=O)[O-])c(Cl)c1)C(=N)N. The molecule has 1 aromatic carbocycles. The Labute approximate surface area is 116 Å². The lowest BCUT2D eigenvalue weighted by atomic mass is 9.88. The van der Waals surface area contributed by atoms with Gasteiger partial charge in [-0.2, -0.15) is 0 Å². The number of nitro benzene ring substituents is 1. The van der Waals surface area contributed by atoms with Crippen molar-refractivity contribution in [1.29, 1.82) is 5.41 Å². The predicted octanol–water partition coefficient (Wildman–Crippen LogP) is 2.98. The molecule has 0 aromatic heterocycles. The first kappa shape index (κ1) is 15.2. The normalized spacial score (nSPS) is 11.1. The zero-order valence-electron chi connectivity index (χ0n) is 10.8. The molecule has 1 aromatic rings. The van der Waals surface area contributed by atoms with E-state index in [-0.39, 0.29) is 16.5 Å². The molecule has 104 valence electrons. The first-order valence-electron chi connectivity index (χ1n) is 5.65. The number of benzene rings is 1. The van der Waals surface area contributed by atoms with Crippen LogP contribution in [0.2, 0.25) is 5.02 Å². The Kier molecular flexibility index (Phi) is 4.72. The molecule has 0 amide bonds. The Hall–Kier alpha value is -1.82. The summed E-state index contributed by atoms with van der Waals surface area (Å²) in [6.07, 6.45) is 0.566. The second kappa shape index (κ2) is 5.88. The van der Waals surface area contributed by atoms with E-state index in [1.165, 1.54) is 18.2 Å². The maximum absolute atomic E-state index is 10.6. The molecule has 0 heterocycles. The molecule has 0 bridgehead atoms. The zero-order chi connectivity index (χ0) is 14.6. The van der Waals surface area contributed by atoms with Crippen molar-refractivity contribution in [3.63, 3.8) is 0 Å². The summed E-state index contributed by atoms with van der Waals surface area (Å²) in [7, 11) is 0. The predicted molar refractivity (Wildman–Crippen MR) is 73.9 cm³/mol. The van der Waals surface area contributed by atoms with E-state index in [1.54, 1.807) is 0 Å². The number of nitrogens with zero attached hydrogens (tertiary/aromatic N) is 1. The number of nitro groups is 1. The summed E-state index contributed by atoms with van der Waals surface area (Å²) >= 11 is 5.77. The summed E-state index contributed by atoms with van der Waals surface area (Å²) < 4.78 is 5.45. The van der Waals surface area contributed by atoms with E-state index in [2.05, 4.69) is 0 Å². The fourth-order valence-corrected chi connectivity index (χ4v) is 1.52. The molecule has 3 N–H and O–H groups in total. The van der Waals surface area contributed by atoms with Gasteiger partial charge in [-0.15, -0.1) is 0 Å². The fraction of sp³-hybridized carbons (Fsp3) is 0.417. The van der Waals surface area contributed by atoms with Crippen LogP contribution in [0.5, 0.6) is 5.75 Å². The van der Waals surface area contributed by atoms with Gasteiger partial charge >= 0.3 is 0 Å². The molecule has 0 unspecified atom stereocenters. The lowest BCUT2D eigenvalue weighted by Crippen LogP contribution is -2.32. The van der Waals surface area contributed by atoms with Crippen LogP contribution in [0.3, 0.4) is 0 Å². The van der Waals surface area contributed by atoms with Gasteiger partial charge in [0.15, 0.2) is 0 Å². The van der Waals surface area contributed by atoms with Gasteiger partial charge in [0, 0.05) is 17.5 Å². The van der Waals surface area contributed by atoms with Gasteiger partial charge in [-0.3, -0.25) is 15.5 Å². The van der Waals surface area contributed by atoms with Gasteiger partial charge in [0.25, 0.3) is 5.69 Å². The van der Waals surface area contributed by atoms with Gasteiger partial charge in [-0.05, 0) is 12.5 Å². The second-order valence-corrected chi connectivity index (χ2v) is 5.17. The Bertz CT molecular complexity index is 503. The summed E-state index contributed by atoms with van der Waals surface area (Å²) in [6.45, 7) is 4.05. The molecule has 19 heavy (non-hydrogen) atoms. The van der Waals surface area contributed by atoms with Crippen molar-refractivity contribution in [3.05, 3.63) is 33.3 Å². The minimum absolute atomic E-state index is 0.0355. The van der Waals surface area contributed by atoms with Crippen molar-refractivity contribution in [2.24, 2.45) is 11.1 Å². The Morgan fingerprint density at radius 1 is 1.58 bits per heavy atom. The Morgan fingerprint density at radius 3 is 2.68 bits per heavy atom. The highest BCUT2D eigenvalue weighted by molar-refractivity contribution is 6.32. The third kappa shape index (κ3) is 4.10. The van der Waals surface area contributed by atoms with Crippen LogP contribution < -0.4 is 10.5 Å². The van der Waals surface area contributed by atoms with Gasteiger partial charge in [0.2, 0.25) is 0 Å². The molecular formula is C12H16ClN3O3. The molecule has 6 nitrogen and oxygen atoms in total. The van der Waals surface area contributed by atoms with E-state index in [0.717, 1.165) is 0 Å². The number of nitrogens with one attached hydrogen (secondary N) is 1. The highest BCUT2D eigenvalue weighted by Crippen LogP contribution is 2.29. The van der Waals surface area contributed by atoms with Crippen molar-refractivity contribution in [2.75, 3.05) is 6.61 Å². The molecule has 0 aliphatic carbocycles. The average Bonchev–Trinajstić information content (AvgIpc) is 2.28. The van der Waals surface area contributed by atoms with Crippen LogP contribution in [0, 0.1) is 20.9 Å². The first-order valence-corrected chi connectivity index (χ1v) is 6.03. The van der Waals surface area contributed by atoms with Gasteiger partial charge in [-0.25, -0.2) is 0 Å². The van der Waals surface area contributed by atoms with Crippen LogP contribution in [-0.2, 0) is 0 Å². The second-order valence-electron chi connectivity index (χ2n) is 4.77. The number of hydrogen-bond donors (Lipinski definition) is 2. The molecule has 0 saturated heterocycles.